The predicted molar refractivity (Wildman–Crippen MR) is 217 cm³/mol. The molecule has 4 aromatic rings. The van der Waals surface area contributed by atoms with Gasteiger partial charge in [-0.3, -0.25) is 9.59 Å². The van der Waals surface area contributed by atoms with Gasteiger partial charge in [-0.15, -0.1) is 0 Å². The highest BCUT2D eigenvalue weighted by Gasteiger charge is 2.61. The molecular weight excluding hydrogens is 665 g/mol. The van der Waals surface area contributed by atoms with Crippen LogP contribution in [0.5, 0.6) is 0 Å². The van der Waals surface area contributed by atoms with Gasteiger partial charge in [0, 0.05) is 13.8 Å². The van der Waals surface area contributed by atoms with Crippen LogP contribution >= 0.6 is 0 Å². The molecule has 7 heteroatoms. The topological polar surface area (TPSA) is 61.8 Å². The molecule has 0 saturated heterocycles. The molecule has 0 radical (unpaired) electrons. The average molecular weight is 719 g/mol. The van der Waals surface area contributed by atoms with Crippen LogP contribution in [0, 0.1) is 0 Å². The minimum absolute atomic E-state index is 0.315. The molecule has 0 heterocycles. The Morgan fingerprint density at radius 1 is 0.529 bits per heavy atom. The van der Waals surface area contributed by atoms with Crippen LogP contribution in [-0.2, 0) is 23.2 Å². The van der Waals surface area contributed by atoms with Gasteiger partial charge in [-0.25, -0.2) is 0 Å². The maximum atomic E-state index is 11.8. The third-order valence-corrected chi connectivity index (χ3v) is 20.7. The first-order chi connectivity index (χ1) is 24.0. The first-order valence-electron chi connectivity index (χ1n) is 17.7. The summed E-state index contributed by atoms with van der Waals surface area (Å²) in [6, 6.07) is 38.6. The summed E-state index contributed by atoms with van der Waals surface area (Å²) >= 11 is 0. The highest BCUT2D eigenvalue weighted by atomic mass is 28.4. The van der Waals surface area contributed by atoms with Gasteiger partial charge < -0.3 is 13.6 Å². The van der Waals surface area contributed by atoms with Gasteiger partial charge in [0.15, 0.2) is 0 Å². The van der Waals surface area contributed by atoms with E-state index < -0.39 is 16.6 Å². The van der Waals surface area contributed by atoms with Gasteiger partial charge in [0.1, 0.15) is 12.2 Å². The Hall–Kier alpha value is -4.31. The number of hydrogen-bond donors (Lipinski definition) is 0. The molecule has 0 N–H and O–H groups in total. The Morgan fingerprint density at radius 2 is 0.843 bits per heavy atom. The monoisotopic (exact) mass is 718 g/mol. The van der Waals surface area contributed by atoms with Crippen molar-refractivity contribution in [3.63, 3.8) is 0 Å². The highest BCUT2D eigenvalue weighted by molar-refractivity contribution is 7.11. The van der Waals surface area contributed by atoms with Crippen molar-refractivity contribution >= 4 is 61.5 Å². The van der Waals surface area contributed by atoms with E-state index >= 15 is 0 Å². The lowest BCUT2D eigenvalue weighted by Gasteiger charge is -2.54. The summed E-state index contributed by atoms with van der Waals surface area (Å²) in [4.78, 5) is 23.6. The molecule has 0 aliphatic carbocycles. The molecule has 5 nitrogen and oxygen atoms in total. The summed E-state index contributed by atoms with van der Waals surface area (Å²) in [5, 5.41) is 3.99. The minimum atomic E-state index is -3.29. The third-order valence-electron chi connectivity index (χ3n) is 9.26. The molecule has 4 aromatic carbocycles. The van der Waals surface area contributed by atoms with Gasteiger partial charge in [0.25, 0.3) is 16.6 Å². The van der Waals surface area contributed by atoms with E-state index in [1.54, 1.807) is 0 Å². The zero-order valence-corrected chi connectivity index (χ0v) is 33.9. The van der Waals surface area contributed by atoms with E-state index in [9.17, 15) is 9.59 Å². The van der Waals surface area contributed by atoms with Crippen LogP contribution in [0.3, 0.4) is 0 Å². The van der Waals surface area contributed by atoms with Gasteiger partial charge >= 0.3 is 11.9 Å². The van der Waals surface area contributed by atoms with E-state index in [2.05, 4.69) is 163 Å². The molecular formula is C44H54O5Si2. The summed E-state index contributed by atoms with van der Waals surface area (Å²) in [7, 11) is -6.58. The lowest BCUT2D eigenvalue weighted by Crippen LogP contribution is -2.78. The molecule has 0 fully saturated rings. The Labute approximate surface area is 307 Å². The summed E-state index contributed by atoms with van der Waals surface area (Å²) in [6.45, 7) is 20.5. The first kappa shape index (κ1) is 39.5. The van der Waals surface area contributed by atoms with E-state index in [0.717, 1.165) is 21.5 Å². The van der Waals surface area contributed by atoms with Crippen LogP contribution in [0.1, 0.15) is 80.4 Å². The largest absolute Gasteiger partial charge is 0.459 e. The Bertz CT molecular complexity index is 1700. The Kier molecular flexibility index (Phi) is 12.7. The van der Waals surface area contributed by atoms with Crippen molar-refractivity contribution in [2.75, 3.05) is 0 Å². The van der Waals surface area contributed by atoms with Crippen molar-refractivity contribution in [2.24, 2.45) is 0 Å². The van der Waals surface area contributed by atoms with Crippen LogP contribution < -0.4 is 20.7 Å². The molecule has 0 aromatic heterocycles. The molecule has 0 amide bonds. The minimum Gasteiger partial charge on any atom is -0.459 e. The maximum absolute atomic E-state index is 11.8. The standard InChI is InChI=1S/C44H54O5Si2/c1-33(47-35(3)45)29-31-37-21-17-19-27-41(37)50(43(5,6)7,39-23-13-11-14-24-39)49-51(44(8,9)10,40-25-15-12-16-26-40)42-28-20-18-22-38(42)32-30-34(2)48-36(4)46/h11-34H,1-10H3. The van der Waals surface area contributed by atoms with E-state index in [1.807, 2.05) is 26.0 Å². The normalized spacial score (nSPS) is 15.9. The highest BCUT2D eigenvalue weighted by Crippen LogP contribution is 2.45. The molecule has 0 saturated carbocycles. The number of hydrogen-bond acceptors (Lipinski definition) is 5. The zero-order valence-electron chi connectivity index (χ0n) is 31.9. The summed E-state index contributed by atoms with van der Waals surface area (Å²) < 4.78 is 19.5. The Morgan fingerprint density at radius 3 is 1.16 bits per heavy atom. The number of carbonyl (C=O) groups is 2. The number of carbonyl (C=O) groups excluding carboxylic acids is 2. The van der Waals surface area contributed by atoms with Crippen LogP contribution in [0.2, 0.25) is 10.1 Å². The number of ether oxygens (including phenoxy) is 2. The van der Waals surface area contributed by atoms with Crippen molar-refractivity contribution < 1.29 is 23.2 Å². The van der Waals surface area contributed by atoms with Gasteiger partial charge in [-0.05, 0) is 67.9 Å². The molecule has 4 atom stereocenters. The van der Waals surface area contributed by atoms with Crippen LogP contribution in [0.25, 0.3) is 12.2 Å². The summed E-state index contributed by atoms with van der Waals surface area (Å²) in [5.74, 6) is -0.629. The average Bonchev–Trinajstić information content (AvgIpc) is 3.07. The maximum Gasteiger partial charge on any atom is 0.303 e. The first-order valence-corrected chi connectivity index (χ1v) is 21.6. The van der Waals surface area contributed by atoms with Crippen LogP contribution in [0.15, 0.2) is 121 Å². The fraction of sp³-hybridized carbons (Fsp3) is 0.318. The zero-order chi connectivity index (χ0) is 37.5. The lowest BCUT2D eigenvalue weighted by molar-refractivity contribution is -0.144. The predicted octanol–water partition coefficient (Wildman–Crippen LogP) is 8.05. The van der Waals surface area contributed by atoms with Crippen molar-refractivity contribution in [2.45, 2.75) is 91.5 Å². The van der Waals surface area contributed by atoms with Crippen molar-refractivity contribution in [3.05, 3.63) is 132 Å². The smallest absolute Gasteiger partial charge is 0.303 e. The van der Waals surface area contributed by atoms with E-state index in [4.69, 9.17) is 13.6 Å². The van der Waals surface area contributed by atoms with E-state index in [-0.39, 0.29) is 34.2 Å². The van der Waals surface area contributed by atoms with Crippen LogP contribution in [0.4, 0.5) is 0 Å². The SMILES string of the molecule is CC(=O)OC(C)C=Cc1ccccc1[Si](O[Si](c1ccccc1)(c1ccccc1C=CC(C)OC(C)=O)C(C)(C)C)(c1ccccc1)C(C)(C)C. The van der Waals surface area contributed by atoms with E-state index in [1.165, 1.54) is 24.2 Å². The van der Waals surface area contributed by atoms with Crippen molar-refractivity contribution in [1.29, 1.82) is 0 Å². The van der Waals surface area contributed by atoms with E-state index in [0.29, 0.717) is 0 Å². The number of esters is 2. The second-order valence-electron chi connectivity index (χ2n) is 15.2. The van der Waals surface area contributed by atoms with Crippen molar-refractivity contribution in [3.8, 4) is 0 Å². The van der Waals surface area contributed by atoms with Gasteiger partial charge in [0.05, 0.1) is 0 Å². The molecule has 4 rings (SSSR count). The van der Waals surface area contributed by atoms with Crippen molar-refractivity contribution in [1.82, 2.24) is 0 Å². The second kappa shape index (κ2) is 16.4. The molecule has 0 aliphatic heterocycles. The molecule has 4 unspecified atom stereocenters. The number of benzene rings is 4. The molecule has 0 spiro atoms. The van der Waals surface area contributed by atoms with Gasteiger partial charge in [0.2, 0.25) is 0 Å². The second-order valence-corrected chi connectivity index (χ2v) is 24.0. The fourth-order valence-corrected chi connectivity index (χ4v) is 20.3. The Balaban J connectivity index is 2.16. The third kappa shape index (κ3) is 8.78. The number of rotatable bonds is 12. The summed E-state index contributed by atoms with van der Waals surface area (Å²) in [6.07, 6.45) is 7.28. The van der Waals surface area contributed by atoms with Gasteiger partial charge in [-0.1, -0.05) is 163 Å². The fourth-order valence-electron chi connectivity index (χ4n) is 7.10. The quantitative estimate of drug-likeness (QED) is 0.110. The van der Waals surface area contributed by atoms with Crippen LogP contribution in [-0.4, -0.2) is 40.8 Å². The molecule has 0 bridgehead atoms. The molecule has 268 valence electrons. The molecule has 51 heavy (non-hydrogen) atoms. The lowest BCUT2D eigenvalue weighted by atomic mass is 10.2. The summed E-state index contributed by atoms with van der Waals surface area (Å²) in [5.41, 5.74) is 2.07. The van der Waals surface area contributed by atoms with Gasteiger partial charge in [-0.2, -0.15) is 0 Å². The molecule has 0 aliphatic rings.